The SMILES string of the molecule is Cc1cccc(C(=O)N[C@H](C)c2nnc(SCC(=O)Nc3cccc4ccccc34)n2C)c1. The number of fused-ring (bicyclic) bond motifs is 1. The van der Waals surface area contributed by atoms with Crippen molar-refractivity contribution in [2.24, 2.45) is 7.05 Å². The van der Waals surface area contributed by atoms with Gasteiger partial charge < -0.3 is 15.2 Å². The first kappa shape index (κ1) is 22.5. The van der Waals surface area contributed by atoms with Crippen LogP contribution in [0.4, 0.5) is 5.69 Å². The zero-order valence-electron chi connectivity index (χ0n) is 18.7. The van der Waals surface area contributed by atoms with Crippen molar-refractivity contribution in [1.29, 1.82) is 0 Å². The van der Waals surface area contributed by atoms with E-state index in [4.69, 9.17) is 0 Å². The van der Waals surface area contributed by atoms with Crippen LogP contribution in [0.1, 0.15) is 34.7 Å². The van der Waals surface area contributed by atoms with Crippen LogP contribution in [0, 0.1) is 6.92 Å². The van der Waals surface area contributed by atoms with E-state index < -0.39 is 0 Å². The number of anilines is 1. The molecule has 4 rings (SSSR count). The third-order valence-electron chi connectivity index (χ3n) is 5.28. The monoisotopic (exact) mass is 459 g/mol. The highest BCUT2D eigenvalue weighted by molar-refractivity contribution is 7.99. The molecule has 8 heteroatoms. The molecule has 3 aromatic carbocycles. The molecular formula is C25H25N5O2S. The summed E-state index contributed by atoms with van der Waals surface area (Å²) in [6.45, 7) is 3.81. The van der Waals surface area contributed by atoms with Crippen LogP contribution in [0.2, 0.25) is 0 Å². The van der Waals surface area contributed by atoms with Crippen LogP contribution in [0.5, 0.6) is 0 Å². The zero-order chi connectivity index (χ0) is 23.4. The number of rotatable bonds is 7. The minimum Gasteiger partial charge on any atom is -0.342 e. The predicted molar refractivity (Wildman–Crippen MR) is 131 cm³/mol. The van der Waals surface area contributed by atoms with Crippen LogP contribution in [0.15, 0.2) is 71.9 Å². The standard InChI is InChI=1S/C25H25N5O2S/c1-16-8-6-11-19(14-16)24(32)26-17(2)23-28-29-25(30(23)3)33-15-22(31)27-21-13-7-10-18-9-4-5-12-20(18)21/h4-14,17H,15H2,1-3H3,(H,26,32)(H,27,31)/t17-/m1/s1. The number of aryl methyl sites for hydroxylation is 1. The van der Waals surface area contributed by atoms with E-state index in [1.54, 1.807) is 10.6 Å². The summed E-state index contributed by atoms with van der Waals surface area (Å²) in [5, 5.41) is 17.0. The summed E-state index contributed by atoms with van der Waals surface area (Å²) in [4.78, 5) is 25.1. The number of hydrogen-bond acceptors (Lipinski definition) is 5. The van der Waals surface area contributed by atoms with Crippen molar-refractivity contribution in [3.8, 4) is 0 Å². The van der Waals surface area contributed by atoms with E-state index in [0.29, 0.717) is 16.5 Å². The predicted octanol–water partition coefficient (Wildman–Crippen LogP) is 4.50. The summed E-state index contributed by atoms with van der Waals surface area (Å²) in [6.07, 6.45) is 0. The highest BCUT2D eigenvalue weighted by Gasteiger charge is 2.19. The maximum absolute atomic E-state index is 12.6. The van der Waals surface area contributed by atoms with E-state index in [1.165, 1.54) is 11.8 Å². The lowest BCUT2D eigenvalue weighted by atomic mass is 10.1. The van der Waals surface area contributed by atoms with Crippen molar-refractivity contribution in [3.05, 3.63) is 83.7 Å². The van der Waals surface area contributed by atoms with Gasteiger partial charge in [-0.3, -0.25) is 9.59 Å². The molecule has 1 atom stereocenters. The molecule has 0 spiro atoms. The molecule has 7 nitrogen and oxygen atoms in total. The third-order valence-corrected chi connectivity index (χ3v) is 6.30. The molecular weight excluding hydrogens is 434 g/mol. The molecule has 0 bridgehead atoms. The average Bonchev–Trinajstić information content (AvgIpc) is 3.18. The number of nitrogens with one attached hydrogen (secondary N) is 2. The smallest absolute Gasteiger partial charge is 0.251 e. The first-order valence-electron chi connectivity index (χ1n) is 10.6. The number of amides is 2. The molecule has 0 saturated heterocycles. The Morgan fingerprint density at radius 3 is 2.61 bits per heavy atom. The molecule has 0 unspecified atom stereocenters. The second kappa shape index (κ2) is 9.87. The van der Waals surface area contributed by atoms with Crippen LogP contribution in [-0.2, 0) is 11.8 Å². The van der Waals surface area contributed by atoms with Gasteiger partial charge in [0, 0.05) is 23.7 Å². The minimum atomic E-state index is -0.339. The highest BCUT2D eigenvalue weighted by atomic mass is 32.2. The Kier molecular flexibility index (Phi) is 6.74. The van der Waals surface area contributed by atoms with E-state index in [9.17, 15) is 9.59 Å². The summed E-state index contributed by atoms with van der Waals surface area (Å²) in [7, 11) is 1.83. The van der Waals surface area contributed by atoms with Gasteiger partial charge in [0.15, 0.2) is 11.0 Å². The van der Waals surface area contributed by atoms with E-state index in [2.05, 4.69) is 20.8 Å². The van der Waals surface area contributed by atoms with E-state index in [-0.39, 0.29) is 23.6 Å². The molecule has 1 heterocycles. The van der Waals surface area contributed by atoms with Gasteiger partial charge >= 0.3 is 0 Å². The lowest BCUT2D eigenvalue weighted by Gasteiger charge is -2.14. The molecule has 0 fully saturated rings. The van der Waals surface area contributed by atoms with Crippen molar-refractivity contribution in [2.75, 3.05) is 11.1 Å². The fourth-order valence-electron chi connectivity index (χ4n) is 3.61. The topological polar surface area (TPSA) is 88.9 Å². The molecule has 168 valence electrons. The molecule has 0 aliphatic heterocycles. The van der Waals surface area contributed by atoms with E-state index >= 15 is 0 Å². The van der Waals surface area contributed by atoms with Gasteiger partial charge in [0.1, 0.15) is 0 Å². The quantitative estimate of drug-likeness (QED) is 0.397. The highest BCUT2D eigenvalue weighted by Crippen LogP contribution is 2.24. The molecule has 4 aromatic rings. The number of hydrogen-bond donors (Lipinski definition) is 2. The molecule has 0 radical (unpaired) electrons. The van der Waals surface area contributed by atoms with Gasteiger partial charge in [-0.05, 0) is 37.4 Å². The summed E-state index contributed by atoms with van der Waals surface area (Å²) in [5.41, 5.74) is 2.41. The van der Waals surface area contributed by atoms with Crippen LogP contribution in [-0.4, -0.2) is 32.3 Å². The van der Waals surface area contributed by atoms with Crippen molar-refractivity contribution in [2.45, 2.75) is 25.0 Å². The van der Waals surface area contributed by atoms with Crippen molar-refractivity contribution in [1.82, 2.24) is 20.1 Å². The van der Waals surface area contributed by atoms with Crippen molar-refractivity contribution < 1.29 is 9.59 Å². The second-order valence-corrected chi connectivity index (χ2v) is 8.77. The van der Waals surface area contributed by atoms with E-state index in [1.807, 2.05) is 81.6 Å². The Bertz CT molecular complexity index is 1310. The fourth-order valence-corrected chi connectivity index (χ4v) is 4.33. The number of thioether (sulfide) groups is 1. The average molecular weight is 460 g/mol. The summed E-state index contributed by atoms with van der Waals surface area (Å²) >= 11 is 1.30. The summed E-state index contributed by atoms with van der Waals surface area (Å²) < 4.78 is 1.80. The largest absolute Gasteiger partial charge is 0.342 e. The normalized spacial score (nSPS) is 11.8. The van der Waals surface area contributed by atoms with Crippen LogP contribution in [0.3, 0.4) is 0 Å². The van der Waals surface area contributed by atoms with Crippen LogP contribution in [0.25, 0.3) is 10.8 Å². The van der Waals surface area contributed by atoms with Gasteiger partial charge in [-0.15, -0.1) is 10.2 Å². The molecule has 0 saturated carbocycles. The Balaban J connectivity index is 1.37. The maximum Gasteiger partial charge on any atom is 0.251 e. The van der Waals surface area contributed by atoms with Crippen LogP contribution < -0.4 is 10.6 Å². The second-order valence-electron chi connectivity index (χ2n) is 7.83. The van der Waals surface area contributed by atoms with Crippen molar-refractivity contribution >= 4 is 40.0 Å². The molecule has 0 aliphatic carbocycles. The van der Waals surface area contributed by atoms with Crippen LogP contribution >= 0.6 is 11.8 Å². The summed E-state index contributed by atoms with van der Waals surface area (Å²) in [5.74, 6) is 0.520. The van der Waals surface area contributed by atoms with Gasteiger partial charge in [-0.1, -0.05) is 65.9 Å². The molecule has 2 amide bonds. The van der Waals surface area contributed by atoms with Gasteiger partial charge in [0.25, 0.3) is 5.91 Å². The number of nitrogens with zero attached hydrogens (tertiary/aromatic N) is 3. The molecule has 0 aliphatic rings. The molecule has 1 aromatic heterocycles. The minimum absolute atomic E-state index is 0.123. The van der Waals surface area contributed by atoms with Gasteiger partial charge in [0.05, 0.1) is 11.8 Å². The maximum atomic E-state index is 12.6. The first-order chi connectivity index (χ1) is 15.9. The Morgan fingerprint density at radius 1 is 1.03 bits per heavy atom. The Morgan fingerprint density at radius 2 is 1.79 bits per heavy atom. The van der Waals surface area contributed by atoms with Gasteiger partial charge in [-0.2, -0.15) is 0 Å². The van der Waals surface area contributed by atoms with Gasteiger partial charge in [-0.25, -0.2) is 0 Å². The Labute approximate surface area is 196 Å². The van der Waals surface area contributed by atoms with Gasteiger partial charge in [0.2, 0.25) is 5.91 Å². The fraction of sp³-hybridized carbons (Fsp3) is 0.200. The number of carbonyl (C=O) groups excluding carboxylic acids is 2. The number of benzene rings is 3. The number of carbonyl (C=O) groups is 2. The van der Waals surface area contributed by atoms with E-state index in [0.717, 1.165) is 22.0 Å². The Hall–Kier alpha value is -3.65. The first-order valence-corrected chi connectivity index (χ1v) is 11.6. The molecule has 33 heavy (non-hydrogen) atoms. The molecule has 2 N–H and O–H groups in total. The lowest BCUT2D eigenvalue weighted by molar-refractivity contribution is -0.113. The summed E-state index contributed by atoms with van der Waals surface area (Å²) in [6, 6.07) is 20.8. The van der Waals surface area contributed by atoms with Crippen molar-refractivity contribution in [3.63, 3.8) is 0 Å². The number of aromatic nitrogens is 3. The zero-order valence-corrected chi connectivity index (χ0v) is 19.5. The third kappa shape index (κ3) is 5.23. The lowest BCUT2D eigenvalue weighted by Crippen LogP contribution is -2.28.